The van der Waals surface area contributed by atoms with E-state index in [9.17, 15) is 14.4 Å². The Balaban J connectivity index is 2.55. The molecule has 1 aliphatic carbocycles. The molecule has 0 aromatic carbocycles. The van der Waals surface area contributed by atoms with E-state index in [0.717, 1.165) is 19.3 Å². The van der Waals surface area contributed by atoms with Gasteiger partial charge in [-0.15, -0.1) is 0 Å². The summed E-state index contributed by atoms with van der Waals surface area (Å²) >= 11 is 0. The van der Waals surface area contributed by atoms with Crippen molar-refractivity contribution in [2.45, 2.75) is 71.2 Å². The highest BCUT2D eigenvalue weighted by Gasteiger charge is 2.36. The summed E-state index contributed by atoms with van der Waals surface area (Å²) in [6.45, 7) is 5.72. The van der Waals surface area contributed by atoms with Crippen LogP contribution in [0.25, 0.3) is 0 Å². The van der Waals surface area contributed by atoms with E-state index in [1.807, 2.05) is 0 Å². The average Bonchev–Trinajstić information content (AvgIpc) is 2.34. The molecule has 1 amide bonds. The predicted octanol–water partition coefficient (Wildman–Crippen LogP) is 2.28. The lowest BCUT2D eigenvalue weighted by atomic mass is 9.84. The molecule has 0 heterocycles. The molecular formula is C15H25NO6. The molecule has 0 aliphatic heterocycles. The molecule has 0 aromatic heterocycles. The molecule has 0 aromatic rings. The summed E-state index contributed by atoms with van der Waals surface area (Å²) in [5, 5.41) is 2.60. The van der Waals surface area contributed by atoms with Gasteiger partial charge in [-0.05, 0) is 25.7 Å². The lowest BCUT2D eigenvalue weighted by Gasteiger charge is -2.36. The fourth-order valence-corrected chi connectivity index (χ4v) is 2.68. The van der Waals surface area contributed by atoms with Crippen LogP contribution < -0.4 is 5.32 Å². The van der Waals surface area contributed by atoms with Crippen LogP contribution in [0.15, 0.2) is 0 Å². The van der Waals surface area contributed by atoms with Crippen LogP contribution in [0.4, 0.5) is 4.79 Å². The Hall–Kier alpha value is -1.79. The number of amides is 1. The Labute approximate surface area is 130 Å². The van der Waals surface area contributed by atoms with E-state index < -0.39 is 23.5 Å². The van der Waals surface area contributed by atoms with Gasteiger partial charge >= 0.3 is 18.0 Å². The van der Waals surface area contributed by atoms with Crippen LogP contribution in [-0.4, -0.2) is 36.0 Å². The van der Waals surface area contributed by atoms with Gasteiger partial charge in [-0.3, -0.25) is 9.59 Å². The molecule has 1 saturated carbocycles. The highest BCUT2D eigenvalue weighted by molar-refractivity contribution is 5.70. The zero-order valence-corrected chi connectivity index (χ0v) is 13.7. The molecule has 1 N–H and O–H groups in total. The number of ether oxygens (including phenoxy) is 3. The lowest BCUT2D eigenvalue weighted by Crippen LogP contribution is -2.48. The second-order valence-corrected chi connectivity index (χ2v) is 6.07. The van der Waals surface area contributed by atoms with Gasteiger partial charge < -0.3 is 19.5 Å². The van der Waals surface area contributed by atoms with Gasteiger partial charge in [0.2, 0.25) is 0 Å². The molecule has 1 rings (SSSR count). The van der Waals surface area contributed by atoms with Gasteiger partial charge in [0.15, 0.2) is 0 Å². The summed E-state index contributed by atoms with van der Waals surface area (Å²) in [7, 11) is 0. The number of esters is 2. The van der Waals surface area contributed by atoms with E-state index in [0.29, 0.717) is 12.8 Å². The standard InChI is InChI=1S/C15H25NO6/c1-11(17)20-14(3,4)22-13(19)16-10-15(21-12(2)18)8-6-5-7-9-15/h5-10H2,1-4H3,(H,16,19). The van der Waals surface area contributed by atoms with Crippen molar-refractivity contribution in [3.05, 3.63) is 0 Å². The number of hydrogen-bond acceptors (Lipinski definition) is 6. The molecule has 7 heteroatoms. The van der Waals surface area contributed by atoms with Gasteiger partial charge in [0.1, 0.15) is 5.60 Å². The highest BCUT2D eigenvalue weighted by Crippen LogP contribution is 2.31. The highest BCUT2D eigenvalue weighted by atomic mass is 16.7. The van der Waals surface area contributed by atoms with E-state index in [1.165, 1.54) is 27.7 Å². The van der Waals surface area contributed by atoms with Gasteiger partial charge in [0, 0.05) is 27.7 Å². The first-order valence-electron chi connectivity index (χ1n) is 7.50. The number of alkyl carbamates (subject to hydrolysis) is 1. The van der Waals surface area contributed by atoms with Crippen LogP contribution >= 0.6 is 0 Å². The minimum absolute atomic E-state index is 0.182. The third kappa shape index (κ3) is 6.32. The van der Waals surface area contributed by atoms with Crippen molar-refractivity contribution >= 4 is 18.0 Å². The van der Waals surface area contributed by atoms with Crippen molar-refractivity contribution in [3.8, 4) is 0 Å². The lowest BCUT2D eigenvalue weighted by molar-refractivity contribution is -0.192. The second kappa shape index (κ2) is 7.47. The minimum atomic E-state index is -1.35. The van der Waals surface area contributed by atoms with Crippen molar-refractivity contribution < 1.29 is 28.6 Å². The van der Waals surface area contributed by atoms with Crippen LogP contribution in [0.1, 0.15) is 59.8 Å². The van der Waals surface area contributed by atoms with Crippen molar-refractivity contribution in [1.82, 2.24) is 5.32 Å². The van der Waals surface area contributed by atoms with E-state index >= 15 is 0 Å². The second-order valence-electron chi connectivity index (χ2n) is 6.07. The normalized spacial score (nSPS) is 17.3. The van der Waals surface area contributed by atoms with Gasteiger partial charge in [0.25, 0.3) is 5.79 Å². The summed E-state index contributed by atoms with van der Waals surface area (Å²) in [6, 6.07) is 0. The van der Waals surface area contributed by atoms with Crippen molar-refractivity contribution in [1.29, 1.82) is 0 Å². The Morgan fingerprint density at radius 3 is 2.09 bits per heavy atom. The first-order chi connectivity index (χ1) is 10.1. The maximum Gasteiger partial charge on any atom is 0.410 e. The van der Waals surface area contributed by atoms with E-state index in [2.05, 4.69) is 5.32 Å². The van der Waals surface area contributed by atoms with Gasteiger partial charge in [0.05, 0.1) is 6.54 Å². The number of carbonyl (C=O) groups excluding carboxylic acids is 3. The number of carbonyl (C=O) groups is 3. The molecule has 126 valence electrons. The van der Waals surface area contributed by atoms with Crippen molar-refractivity contribution in [2.24, 2.45) is 0 Å². The monoisotopic (exact) mass is 315 g/mol. The van der Waals surface area contributed by atoms with Crippen LogP contribution in [0, 0.1) is 0 Å². The summed E-state index contributed by atoms with van der Waals surface area (Å²) in [5.74, 6) is -2.25. The molecule has 7 nitrogen and oxygen atoms in total. The minimum Gasteiger partial charge on any atom is -0.457 e. The maximum absolute atomic E-state index is 11.8. The summed E-state index contributed by atoms with van der Waals surface area (Å²) in [5.41, 5.74) is -0.672. The Kier molecular flexibility index (Phi) is 6.20. The molecule has 0 unspecified atom stereocenters. The van der Waals surface area contributed by atoms with Crippen LogP contribution in [0.2, 0.25) is 0 Å². The number of hydrogen-bond donors (Lipinski definition) is 1. The molecule has 0 atom stereocenters. The fraction of sp³-hybridized carbons (Fsp3) is 0.800. The molecule has 0 saturated heterocycles. The van der Waals surface area contributed by atoms with E-state index in [1.54, 1.807) is 0 Å². The molecule has 0 spiro atoms. The molecule has 0 bridgehead atoms. The first kappa shape index (κ1) is 18.3. The zero-order valence-electron chi connectivity index (χ0n) is 13.7. The number of nitrogens with one attached hydrogen (secondary N) is 1. The largest absolute Gasteiger partial charge is 0.457 e. The van der Waals surface area contributed by atoms with Crippen molar-refractivity contribution in [2.75, 3.05) is 6.54 Å². The Morgan fingerprint density at radius 2 is 1.59 bits per heavy atom. The number of rotatable bonds is 5. The van der Waals surface area contributed by atoms with E-state index in [4.69, 9.17) is 14.2 Å². The third-order valence-corrected chi connectivity index (χ3v) is 3.41. The summed E-state index contributed by atoms with van der Waals surface area (Å²) in [4.78, 5) is 34.1. The van der Waals surface area contributed by atoms with E-state index in [-0.39, 0.29) is 12.5 Å². The average molecular weight is 315 g/mol. The van der Waals surface area contributed by atoms with Gasteiger partial charge in [-0.1, -0.05) is 6.42 Å². The molecular weight excluding hydrogens is 290 g/mol. The third-order valence-electron chi connectivity index (χ3n) is 3.41. The first-order valence-corrected chi connectivity index (χ1v) is 7.50. The summed E-state index contributed by atoms with van der Waals surface area (Å²) in [6.07, 6.45) is 3.68. The quantitative estimate of drug-likeness (QED) is 0.618. The summed E-state index contributed by atoms with van der Waals surface area (Å²) < 4.78 is 15.4. The maximum atomic E-state index is 11.8. The van der Waals surface area contributed by atoms with Crippen LogP contribution in [0.5, 0.6) is 0 Å². The topological polar surface area (TPSA) is 90.9 Å². The molecule has 22 heavy (non-hydrogen) atoms. The SMILES string of the molecule is CC(=O)OC1(CNC(=O)OC(C)(C)OC(C)=O)CCCCC1. The molecule has 1 aliphatic rings. The molecule has 0 radical (unpaired) electrons. The molecule has 1 fully saturated rings. The smallest absolute Gasteiger partial charge is 0.410 e. The van der Waals surface area contributed by atoms with Crippen molar-refractivity contribution in [3.63, 3.8) is 0 Å². The Bertz CT molecular complexity index is 426. The van der Waals surface area contributed by atoms with Gasteiger partial charge in [-0.25, -0.2) is 4.79 Å². The van der Waals surface area contributed by atoms with Crippen LogP contribution in [0.3, 0.4) is 0 Å². The fourth-order valence-electron chi connectivity index (χ4n) is 2.68. The van der Waals surface area contributed by atoms with Gasteiger partial charge in [-0.2, -0.15) is 0 Å². The Morgan fingerprint density at radius 1 is 1.00 bits per heavy atom. The van der Waals surface area contributed by atoms with Crippen LogP contribution in [-0.2, 0) is 23.8 Å². The predicted molar refractivity (Wildman–Crippen MR) is 77.9 cm³/mol. The zero-order chi connectivity index (χ0) is 16.8.